The molecule has 3 aromatic carbocycles. The van der Waals surface area contributed by atoms with Gasteiger partial charge in [0.2, 0.25) is 5.58 Å². The molecular formula is C34H34IN3O2S. The second-order valence-electron chi connectivity index (χ2n) is 10.9. The normalized spacial score (nSPS) is 18.7. The largest absolute Gasteiger partial charge is 1.00 e. The number of fused-ring (bicyclic) bond motifs is 4. The van der Waals surface area contributed by atoms with Crippen LogP contribution in [0.25, 0.3) is 23.3 Å². The van der Waals surface area contributed by atoms with Gasteiger partial charge in [-0.2, -0.15) is 4.57 Å². The van der Waals surface area contributed by atoms with Gasteiger partial charge in [-0.3, -0.25) is 9.36 Å². The third kappa shape index (κ3) is 4.77. The third-order valence-electron chi connectivity index (χ3n) is 8.58. The maximum atomic E-state index is 13.5. The Morgan fingerprint density at radius 3 is 2.61 bits per heavy atom. The van der Waals surface area contributed by atoms with Crippen LogP contribution in [-0.2, 0) is 13.1 Å². The molecule has 0 radical (unpaired) electrons. The number of thiazole rings is 1. The average Bonchev–Trinajstić information content (AvgIpc) is 3.71. The van der Waals surface area contributed by atoms with Gasteiger partial charge >= 0.3 is 5.89 Å². The first kappa shape index (κ1) is 28.0. The van der Waals surface area contributed by atoms with Crippen molar-refractivity contribution in [3.05, 3.63) is 109 Å². The van der Waals surface area contributed by atoms with Gasteiger partial charge in [-0.1, -0.05) is 42.3 Å². The zero-order chi connectivity index (χ0) is 27.4. The number of hydrogen-bond donors (Lipinski definition) is 0. The minimum absolute atomic E-state index is 0. The maximum absolute atomic E-state index is 13.5. The molecule has 0 saturated heterocycles. The molecule has 41 heavy (non-hydrogen) atoms. The fraction of sp³-hybridized carbons (Fsp3) is 0.294. The summed E-state index contributed by atoms with van der Waals surface area (Å²) in [6.07, 6.45) is 7.79. The summed E-state index contributed by atoms with van der Waals surface area (Å²) >= 11 is 1.54. The summed E-state index contributed by atoms with van der Waals surface area (Å²) < 4.78 is 11.9. The van der Waals surface area contributed by atoms with Crippen molar-refractivity contribution >= 4 is 46.0 Å². The number of anilines is 2. The Morgan fingerprint density at radius 1 is 1.02 bits per heavy atom. The van der Waals surface area contributed by atoms with E-state index < -0.39 is 0 Å². The summed E-state index contributed by atoms with van der Waals surface area (Å²) in [5, 5.41) is 0. The van der Waals surface area contributed by atoms with Crippen LogP contribution in [-0.4, -0.2) is 10.6 Å². The van der Waals surface area contributed by atoms with Gasteiger partial charge in [0.25, 0.3) is 11.1 Å². The topological polar surface area (TPSA) is 42.3 Å². The Balaban J connectivity index is 0.00000302. The van der Waals surface area contributed by atoms with E-state index in [1.807, 2.05) is 35.8 Å². The highest BCUT2D eigenvalue weighted by atomic mass is 127. The van der Waals surface area contributed by atoms with Crippen LogP contribution < -0.4 is 48.2 Å². The van der Waals surface area contributed by atoms with Gasteiger partial charge in [0, 0.05) is 35.9 Å². The van der Waals surface area contributed by atoms with Crippen molar-refractivity contribution in [2.24, 2.45) is 0 Å². The first-order valence-corrected chi connectivity index (χ1v) is 15.2. The van der Waals surface area contributed by atoms with E-state index in [1.54, 1.807) is 0 Å². The first-order valence-electron chi connectivity index (χ1n) is 14.4. The van der Waals surface area contributed by atoms with Gasteiger partial charge in [-0.15, -0.1) is 11.3 Å². The maximum Gasteiger partial charge on any atom is 0.377 e. The lowest BCUT2D eigenvalue weighted by Crippen LogP contribution is -3.00. The van der Waals surface area contributed by atoms with Crippen LogP contribution in [0.1, 0.15) is 61.6 Å². The molecule has 0 amide bonds. The molecule has 2 atom stereocenters. The highest BCUT2D eigenvalue weighted by Gasteiger charge is 2.42. The summed E-state index contributed by atoms with van der Waals surface area (Å²) in [7, 11) is 0. The Bertz CT molecular complexity index is 1920. The van der Waals surface area contributed by atoms with Crippen molar-refractivity contribution in [1.29, 1.82) is 0 Å². The monoisotopic (exact) mass is 675 g/mol. The van der Waals surface area contributed by atoms with Gasteiger partial charge in [-0.05, 0) is 81.1 Å². The molecule has 0 bridgehead atoms. The molecule has 3 heterocycles. The van der Waals surface area contributed by atoms with Crippen molar-refractivity contribution in [1.82, 2.24) is 4.57 Å². The highest BCUT2D eigenvalue weighted by Crippen LogP contribution is 2.52. The zero-order valence-electron chi connectivity index (χ0n) is 23.6. The Kier molecular flexibility index (Phi) is 7.68. The second kappa shape index (κ2) is 11.2. The minimum Gasteiger partial charge on any atom is -1.00 e. The number of rotatable bonds is 5. The van der Waals surface area contributed by atoms with Crippen molar-refractivity contribution < 1.29 is 33.0 Å². The van der Waals surface area contributed by atoms with Crippen LogP contribution in [0.3, 0.4) is 0 Å². The van der Waals surface area contributed by atoms with E-state index in [9.17, 15) is 4.79 Å². The van der Waals surface area contributed by atoms with E-state index in [1.165, 1.54) is 53.1 Å². The SMILES string of the molecule is CCn1c(=O)/c(=C\c2ccc3c(c2)C2CCCC2N3c2ccc(C)cc2)s/c1=C\c1oc2ccccc2[n+]1CC.[I-]. The summed E-state index contributed by atoms with van der Waals surface area (Å²) in [6, 6.07) is 24.3. The summed E-state index contributed by atoms with van der Waals surface area (Å²) in [4.78, 5) is 16.0. The molecule has 5 nitrogen and oxygen atoms in total. The molecule has 2 unspecified atom stereocenters. The fourth-order valence-corrected chi connectivity index (χ4v) is 7.79. The summed E-state index contributed by atoms with van der Waals surface area (Å²) in [6.45, 7) is 7.68. The van der Waals surface area contributed by atoms with E-state index in [0.29, 0.717) is 18.5 Å². The predicted molar refractivity (Wildman–Crippen MR) is 163 cm³/mol. The van der Waals surface area contributed by atoms with Crippen molar-refractivity contribution in [2.45, 2.75) is 65.1 Å². The standard InChI is InChI=1S/C34H34N3O2S.HI/c1-4-35-29-10-6-7-12-30(29)39-32(35)21-33-36(5-2)34(38)31(40-33)20-23-15-18-28-26(19-23)25-9-8-11-27(25)37(28)24-16-13-22(3)14-17-24;/h6-7,10,12-21,25,27H,4-5,8-9,11H2,1-3H3;1H/q+1;/p-1/b31-20+;. The zero-order valence-corrected chi connectivity index (χ0v) is 26.6. The van der Waals surface area contributed by atoms with E-state index >= 15 is 0 Å². The fourth-order valence-electron chi connectivity index (χ4n) is 6.69. The van der Waals surface area contributed by atoms with Crippen LogP contribution in [0.2, 0.25) is 0 Å². The molecule has 2 aliphatic rings. The minimum atomic E-state index is 0. The molecule has 210 valence electrons. The Morgan fingerprint density at radius 2 is 1.83 bits per heavy atom. The molecule has 0 N–H and O–H groups in total. The summed E-state index contributed by atoms with van der Waals surface area (Å²) in [5.41, 5.74) is 8.36. The molecule has 5 aromatic rings. The van der Waals surface area contributed by atoms with E-state index in [2.05, 4.69) is 77.9 Å². The van der Waals surface area contributed by atoms with E-state index in [0.717, 1.165) is 38.3 Å². The van der Waals surface area contributed by atoms with Crippen LogP contribution in [0.5, 0.6) is 0 Å². The van der Waals surface area contributed by atoms with Gasteiger partial charge in [-0.25, -0.2) is 0 Å². The third-order valence-corrected chi connectivity index (χ3v) is 9.64. The number of oxazole rings is 1. The first-order chi connectivity index (χ1) is 19.6. The number of nitrogens with zero attached hydrogens (tertiary/aromatic N) is 3. The lowest BCUT2D eigenvalue weighted by molar-refractivity contribution is -0.674. The molecule has 1 aliphatic carbocycles. The smallest absolute Gasteiger partial charge is 0.377 e. The Labute approximate surface area is 261 Å². The van der Waals surface area contributed by atoms with Crippen molar-refractivity contribution in [3.8, 4) is 0 Å². The lowest BCUT2D eigenvalue weighted by atomic mass is 9.96. The van der Waals surface area contributed by atoms with Crippen LogP contribution in [0, 0.1) is 6.92 Å². The molecule has 0 spiro atoms. The van der Waals surface area contributed by atoms with Gasteiger partial charge in [0.15, 0.2) is 0 Å². The number of aromatic nitrogens is 2. The van der Waals surface area contributed by atoms with E-state index in [-0.39, 0.29) is 29.5 Å². The molecule has 1 saturated carbocycles. The number of benzene rings is 3. The number of aryl methyl sites for hydroxylation is 2. The molecular weight excluding hydrogens is 641 g/mol. The Hall–Kier alpha value is -3.17. The quantitative estimate of drug-likeness (QED) is 0.213. The molecule has 7 rings (SSSR count). The molecule has 1 fully saturated rings. The molecule has 1 aliphatic heterocycles. The average molecular weight is 676 g/mol. The molecule has 2 aromatic heterocycles. The van der Waals surface area contributed by atoms with Crippen LogP contribution in [0.15, 0.2) is 75.9 Å². The van der Waals surface area contributed by atoms with Gasteiger partial charge < -0.3 is 33.3 Å². The van der Waals surface area contributed by atoms with E-state index in [4.69, 9.17) is 4.42 Å². The van der Waals surface area contributed by atoms with Crippen LogP contribution in [0.4, 0.5) is 11.4 Å². The number of halogens is 1. The van der Waals surface area contributed by atoms with Gasteiger partial charge in [0.1, 0.15) is 11.2 Å². The highest BCUT2D eigenvalue weighted by molar-refractivity contribution is 7.07. The number of para-hydroxylation sites is 2. The predicted octanol–water partition coefficient (Wildman–Crippen LogP) is 2.74. The second-order valence-corrected chi connectivity index (χ2v) is 12.0. The number of hydrogen-bond acceptors (Lipinski definition) is 4. The van der Waals surface area contributed by atoms with Crippen molar-refractivity contribution in [3.63, 3.8) is 0 Å². The van der Waals surface area contributed by atoms with Gasteiger partial charge in [0.05, 0.1) is 10.6 Å². The van der Waals surface area contributed by atoms with Crippen LogP contribution >= 0.6 is 11.3 Å². The summed E-state index contributed by atoms with van der Waals surface area (Å²) in [5.74, 6) is 1.31. The lowest BCUT2D eigenvalue weighted by Gasteiger charge is -2.27. The molecule has 7 heteroatoms. The van der Waals surface area contributed by atoms with Crippen molar-refractivity contribution in [2.75, 3.05) is 4.90 Å².